The lowest BCUT2D eigenvalue weighted by Crippen LogP contribution is -2.24. The summed E-state index contributed by atoms with van der Waals surface area (Å²) >= 11 is 0. The van der Waals surface area contributed by atoms with Gasteiger partial charge in [-0.05, 0) is 60.7 Å². The number of hydrogen-bond acceptors (Lipinski definition) is 4. The first-order valence-electron chi connectivity index (χ1n) is 8.73. The number of ether oxygens (including phenoxy) is 1. The maximum Gasteiger partial charge on any atom is 0.321 e. The van der Waals surface area contributed by atoms with Crippen LogP contribution in [0.2, 0.25) is 0 Å². The number of carbonyl (C=O) groups is 1. The molecule has 0 radical (unpaired) electrons. The molecule has 0 fully saturated rings. The maximum atomic E-state index is 12.7. The summed E-state index contributed by atoms with van der Waals surface area (Å²) in [6, 6.07) is 17.5. The summed E-state index contributed by atoms with van der Waals surface area (Å²) in [6.45, 7) is 0. The normalized spacial score (nSPS) is 15.8. The predicted molar refractivity (Wildman–Crippen MR) is 99.3 cm³/mol. The van der Waals surface area contributed by atoms with Gasteiger partial charge in [0.25, 0.3) is 0 Å². The van der Waals surface area contributed by atoms with Crippen LogP contribution in [0.25, 0.3) is 0 Å². The molecule has 1 aliphatic rings. The van der Waals surface area contributed by atoms with Gasteiger partial charge in [0.05, 0.1) is 5.92 Å². The second kappa shape index (κ2) is 7.35. The molecule has 3 aromatic rings. The van der Waals surface area contributed by atoms with E-state index in [-0.39, 0.29) is 11.8 Å². The number of rotatable bonds is 4. The van der Waals surface area contributed by atoms with E-state index in [2.05, 4.69) is 27.4 Å². The van der Waals surface area contributed by atoms with Gasteiger partial charge in [-0.25, -0.2) is 9.97 Å². The zero-order valence-electron chi connectivity index (χ0n) is 14.3. The summed E-state index contributed by atoms with van der Waals surface area (Å²) in [6.07, 6.45) is 6.22. The zero-order valence-corrected chi connectivity index (χ0v) is 14.3. The molecular formula is C21H19N3O2. The fraction of sp³-hybridized carbons (Fsp3) is 0.190. The molecule has 1 aliphatic carbocycles. The quantitative estimate of drug-likeness (QED) is 0.764. The van der Waals surface area contributed by atoms with Crippen molar-refractivity contribution >= 4 is 11.6 Å². The van der Waals surface area contributed by atoms with Crippen LogP contribution < -0.4 is 10.1 Å². The van der Waals surface area contributed by atoms with E-state index >= 15 is 0 Å². The molecule has 0 unspecified atom stereocenters. The minimum Gasteiger partial charge on any atom is -0.424 e. The molecule has 0 saturated carbocycles. The lowest BCUT2D eigenvalue weighted by atomic mass is 9.82. The van der Waals surface area contributed by atoms with Gasteiger partial charge in [0.1, 0.15) is 5.75 Å². The largest absolute Gasteiger partial charge is 0.424 e. The minimum absolute atomic E-state index is 0.0391. The molecule has 1 heterocycles. The summed E-state index contributed by atoms with van der Waals surface area (Å²) in [5, 5.41) is 3.02. The van der Waals surface area contributed by atoms with Crippen molar-refractivity contribution in [2.75, 3.05) is 5.32 Å². The van der Waals surface area contributed by atoms with Crippen LogP contribution in [0.4, 0.5) is 5.69 Å². The Balaban J connectivity index is 1.44. The zero-order chi connectivity index (χ0) is 17.8. The summed E-state index contributed by atoms with van der Waals surface area (Å²) in [5.74, 6) is 0.572. The molecule has 5 nitrogen and oxygen atoms in total. The predicted octanol–water partition coefficient (Wildman–Crippen LogP) is 4.33. The lowest BCUT2D eigenvalue weighted by molar-refractivity contribution is -0.117. The van der Waals surface area contributed by atoms with Crippen molar-refractivity contribution in [1.29, 1.82) is 0 Å². The Bertz CT molecular complexity index is 895. The first kappa shape index (κ1) is 16.3. The number of nitrogens with one attached hydrogen (secondary N) is 1. The highest BCUT2D eigenvalue weighted by Gasteiger charge is 2.26. The molecule has 0 spiro atoms. The van der Waals surface area contributed by atoms with Gasteiger partial charge in [0.2, 0.25) is 5.91 Å². The highest BCUT2D eigenvalue weighted by molar-refractivity contribution is 5.96. The second-order valence-corrected chi connectivity index (χ2v) is 6.29. The number of benzene rings is 2. The molecule has 130 valence electrons. The fourth-order valence-corrected chi connectivity index (χ4v) is 3.31. The monoisotopic (exact) mass is 345 g/mol. The Morgan fingerprint density at radius 1 is 1.00 bits per heavy atom. The summed E-state index contributed by atoms with van der Waals surface area (Å²) < 4.78 is 5.57. The summed E-state index contributed by atoms with van der Waals surface area (Å²) in [5.41, 5.74) is 3.18. The third-order valence-corrected chi connectivity index (χ3v) is 4.56. The highest BCUT2D eigenvalue weighted by atomic mass is 16.5. The van der Waals surface area contributed by atoms with Crippen LogP contribution in [0.1, 0.15) is 29.9 Å². The Labute approximate surface area is 152 Å². The fourth-order valence-electron chi connectivity index (χ4n) is 3.31. The Hall–Kier alpha value is -3.21. The van der Waals surface area contributed by atoms with E-state index in [0.29, 0.717) is 11.8 Å². The number of carbonyl (C=O) groups excluding carboxylic acids is 1. The molecule has 26 heavy (non-hydrogen) atoms. The van der Waals surface area contributed by atoms with E-state index in [4.69, 9.17) is 4.74 Å². The van der Waals surface area contributed by atoms with Gasteiger partial charge in [-0.1, -0.05) is 24.3 Å². The van der Waals surface area contributed by atoms with E-state index in [1.807, 2.05) is 24.3 Å². The first-order chi connectivity index (χ1) is 12.8. The standard InChI is InChI=1S/C21H19N3O2/c25-20(19-8-3-6-15-5-1-2-7-18(15)19)24-16-9-11-17(12-10-16)26-21-22-13-4-14-23-21/h1-2,4-5,7,9-14,19H,3,6,8H2,(H,24,25)/t19-/m0/s1. The van der Waals surface area contributed by atoms with Gasteiger partial charge in [-0.15, -0.1) is 0 Å². The van der Waals surface area contributed by atoms with Crippen molar-refractivity contribution in [1.82, 2.24) is 9.97 Å². The van der Waals surface area contributed by atoms with Gasteiger partial charge in [-0.2, -0.15) is 0 Å². The van der Waals surface area contributed by atoms with Crippen molar-refractivity contribution in [2.45, 2.75) is 25.2 Å². The Kier molecular flexibility index (Phi) is 4.60. The van der Waals surface area contributed by atoms with Gasteiger partial charge >= 0.3 is 6.01 Å². The van der Waals surface area contributed by atoms with Gasteiger partial charge in [0, 0.05) is 18.1 Å². The number of aromatic nitrogens is 2. The average molecular weight is 345 g/mol. The first-order valence-corrected chi connectivity index (χ1v) is 8.73. The number of amides is 1. The average Bonchev–Trinajstić information content (AvgIpc) is 2.70. The minimum atomic E-state index is -0.0893. The van der Waals surface area contributed by atoms with Crippen LogP contribution in [-0.4, -0.2) is 15.9 Å². The van der Waals surface area contributed by atoms with E-state index in [1.165, 1.54) is 5.56 Å². The van der Waals surface area contributed by atoms with Crippen molar-refractivity contribution in [3.8, 4) is 11.8 Å². The molecule has 1 aromatic heterocycles. The van der Waals surface area contributed by atoms with Gasteiger partial charge in [0.15, 0.2) is 0 Å². The number of anilines is 1. The third kappa shape index (κ3) is 3.57. The molecule has 2 aromatic carbocycles. The second-order valence-electron chi connectivity index (χ2n) is 6.29. The van der Waals surface area contributed by atoms with Crippen LogP contribution in [0.3, 0.4) is 0 Å². The molecular weight excluding hydrogens is 326 g/mol. The van der Waals surface area contributed by atoms with Crippen LogP contribution in [0, 0.1) is 0 Å². The summed E-state index contributed by atoms with van der Waals surface area (Å²) in [7, 11) is 0. The lowest BCUT2D eigenvalue weighted by Gasteiger charge is -2.24. The molecule has 0 aliphatic heterocycles. The smallest absolute Gasteiger partial charge is 0.321 e. The SMILES string of the molecule is O=C(Nc1ccc(Oc2ncccn2)cc1)[C@H]1CCCc2ccccc21. The topological polar surface area (TPSA) is 64.1 Å². The van der Waals surface area contributed by atoms with Crippen LogP contribution >= 0.6 is 0 Å². The van der Waals surface area contributed by atoms with Gasteiger partial charge < -0.3 is 10.1 Å². The van der Waals surface area contributed by atoms with Crippen LogP contribution in [0.5, 0.6) is 11.8 Å². The maximum absolute atomic E-state index is 12.7. The molecule has 1 amide bonds. The number of nitrogens with zero attached hydrogens (tertiary/aromatic N) is 2. The van der Waals surface area contributed by atoms with Gasteiger partial charge in [-0.3, -0.25) is 4.79 Å². The van der Waals surface area contributed by atoms with Crippen molar-refractivity contribution in [2.24, 2.45) is 0 Å². The molecule has 0 bridgehead atoms. The van der Waals surface area contributed by atoms with Crippen molar-refractivity contribution < 1.29 is 9.53 Å². The number of fused-ring (bicyclic) bond motifs is 1. The number of hydrogen-bond donors (Lipinski definition) is 1. The van der Waals surface area contributed by atoms with Crippen LogP contribution in [-0.2, 0) is 11.2 Å². The Morgan fingerprint density at radius 2 is 1.77 bits per heavy atom. The van der Waals surface area contributed by atoms with E-state index in [9.17, 15) is 4.79 Å². The molecule has 5 heteroatoms. The third-order valence-electron chi connectivity index (χ3n) is 4.56. The highest BCUT2D eigenvalue weighted by Crippen LogP contribution is 2.32. The van der Waals surface area contributed by atoms with Crippen molar-refractivity contribution in [3.63, 3.8) is 0 Å². The van der Waals surface area contributed by atoms with E-state index in [1.54, 1.807) is 30.6 Å². The Morgan fingerprint density at radius 3 is 2.58 bits per heavy atom. The summed E-state index contributed by atoms with van der Waals surface area (Å²) in [4.78, 5) is 20.8. The van der Waals surface area contributed by atoms with E-state index in [0.717, 1.165) is 30.5 Å². The molecule has 1 N–H and O–H groups in total. The van der Waals surface area contributed by atoms with Crippen LogP contribution in [0.15, 0.2) is 67.0 Å². The molecule has 4 rings (SSSR count). The van der Waals surface area contributed by atoms with Crippen molar-refractivity contribution in [3.05, 3.63) is 78.1 Å². The molecule has 1 atom stereocenters. The molecule has 0 saturated heterocycles. The number of aryl methyl sites for hydroxylation is 1. The van der Waals surface area contributed by atoms with E-state index < -0.39 is 0 Å².